The standard InChI is InChI=1S/C26H25F2N5O3/c1-26(25(36)30-12-16-6-8-18(27)9-7-16)14-32-15-31-21(22(32)24(35)33(26)19-10-11-19)23(34)29-13-17-4-2-3-5-20(17)28/h2-9,15,19H,10-14H2,1H3,(H,29,34)(H,30,36). The second-order valence-corrected chi connectivity index (χ2v) is 9.33. The maximum absolute atomic E-state index is 13.9. The molecule has 2 aliphatic rings. The van der Waals surface area contributed by atoms with Crippen LogP contribution >= 0.6 is 0 Å². The first-order chi connectivity index (χ1) is 17.3. The molecule has 36 heavy (non-hydrogen) atoms. The third-order valence-corrected chi connectivity index (χ3v) is 6.65. The van der Waals surface area contributed by atoms with Gasteiger partial charge in [-0.2, -0.15) is 0 Å². The number of hydrogen-bond acceptors (Lipinski definition) is 4. The van der Waals surface area contributed by atoms with E-state index in [-0.39, 0.29) is 48.8 Å². The first-order valence-corrected chi connectivity index (χ1v) is 11.7. The number of benzene rings is 2. The number of nitrogens with zero attached hydrogens (tertiary/aromatic N) is 3. The summed E-state index contributed by atoms with van der Waals surface area (Å²) < 4.78 is 28.6. The van der Waals surface area contributed by atoms with Gasteiger partial charge in [-0.25, -0.2) is 13.8 Å². The van der Waals surface area contributed by atoms with Gasteiger partial charge in [-0.05, 0) is 43.5 Å². The van der Waals surface area contributed by atoms with Crippen LogP contribution in [0.1, 0.15) is 51.9 Å². The molecule has 8 nitrogen and oxygen atoms in total. The van der Waals surface area contributed by atoms with Crippen molar-refractivity contribution in [3.8, 4) is 0 Å². The van der Waals surface area contributed by atoms with Gasteiger partial charge >= 0.3 is 0 Å². The van der Waals surface area contributed by atoms with Gasteiger partial charge < -0.3 is 20.1 Å². The molecule has 3 aromatic rings. The molecule has 186 valence electrons. The molecule has 0 bridgehead atoms. The minimum absolute atomic E-state index is 0.0537. The topological polar surface area (TPSA) is 96.3 Å². The summed E-state index contributed by atoms with van der Waals surface area (Å²) in [5.74, 6) is -2.20. The summed E-state index contributed by atoms with van der Waals surface area (Å²) in [4.78, 5) is 45.6. The number of carbonyl (C=O) groups excluding carboxylic acids is 3. The van der Waals surface area contributed by atoms with Crippen molar-refractivity contribution in [3.05, 3.63) is 89.0 Å². The third-order valence-electron chi connectivity index (χ3n) is 6.65. The van der Waals surface area contributed by atoms with Crippen LogP contribution in [0.2, 0.25) is 0 Å². The van der Waals surface area contributed by atoms with Crippen molar-refractivity contribution in [1.82, 2.24) is 25.1 Å². The van der Waals surface area contributed by atoms with Crippen molar-refractivity contribution in [1.29, 1.82) is 0 Å². The van der Waals surface area contributed by atoms with Crippen LogP contribution in [0.3, 0.4) is 0 Å². The van der Waals surface area contributed by atoms with Crippen LogP contribution in [0.15, 0.2) is 54.9 Å². The van der Waals surface area contributed by atoms with Gasteiger partial charge in [0.1, 0.15) is 22.9 Å². The smallest absolute Gasteiger partial charge is 0.274 e. The Kier molecular flexibility index (Phi) is 6.03. The highest BCUT2D eigenvalue weighted by Gasteiger charge is 2.53. The highest BCUT2D eigenvalue weighted by molar-refractivity contribution is 6.07. The second kappa shape index (κ2) is 9.18. The largest absolute Gasteiger partial charge is 0.350 e. The number of imidazole rings is 1. The molecule has 2 aromatic carbocycles. The van der Waals surface area contributed by atoms with E-state index in [1.54, 1.807) is 42.2 Å². The predicted octanol–water partition coefficient (Wildman–Crippen LogP) is 2.78. The average Bonchev–Trinajstić information content (AvgIpc) is 3.60. The Balaban J connectivity index is 1.36. The Morgan fingerprint density at radius 3 is 2.47 bits per heavy atom. The Morgan fingerprint density at radius 2 is 1.78 bits per heavy atom. The minimum atomic E-state index is -1.20. The van der Waals surface area contributed by atoms with Gasteiger partial charge in [0.15, 0.2) is 5.69 Å². The zero-order valence-electron chi connectivity index (χ0n) is 19.6. The number of hydrogen-bond donors (Lipinski definition) is 2. The molecular weight excluding hydrogens is 468 g/mol. The fourth-order valence-electron chi connectivity index (χ4n) is 4.60. The molecule has 1 aliphatic carbocycles. The zero-order valence-corrected chi connectivity index (χ0v) is 19.6. The highest BCUT2D eigenvalue weighted by atomic mass is 19.1. The van der Waals surface area contributed by atoms with Crippen LogP contribution in [-0.2, 0) is 24.4 Å². The van der Waals surface area contributed by atoms with Gasteiger partial charge in [-0.15, -0.1) is 0 Å². The Labute approximate surface area is 206 Å². The van der Waals surface area contributed by atoms with Crippen molar-refractivity contribution in [2.24, 2.45) is 0 Å². The van der Waals surface area contributed by atoms with E-state index in [0.29, 0.717) is 5.56 Å². The average molecular weight is 494 g/mol. The molecule has 0 radical (unpaired) electrons. The number of rotatable bonds is 7. The zero-order chi connectivity index (χ0) is 25.4. The van der Waals surface area contributed by atoms with Crippen LogP contribution in [-0.4, -0.2) is 43.8 Å². The van der Waals surface area contributed by atoms with Crippen LogP contribution in [0.25, 0.3) is 0 Å². The van der Waals surface area contributed by atoms with Gasteiger partial charge in [0.05, 0.1) is 12.9 Å². The second-order valence-electron chi connectivity index (χ2n) is 9.33. The molecule has 2 heterocycles. The highest BCUT2D eigenvalue weighted by Crippen LogP contribution is 2.38. The van der Waals surface area contributed by atoms with E-state index < -0.39 is 23.2 Å². The Hall–Kier alpha value is -4.08. The molecule has 0 spiro atoms. The van der Waals surface area contributed by atoms with Crippen LogP contribution < -0.4 is 10.6 Å². The fraction of sp³-hybridized carbons (Fsp3) is 0.308. The molecule has 10 heteroatoms. The van der Waals surface area contributed by atoms with E-state index in [1.807, 2.05) is 0 Å². The van der Waals surface area contributed by atoms with Gasteiger partial charge in [0.2, 0.25) is 5.91 Å². The number of aromatic nitrogens is 2. The monoisotopic (exact) mass is 493 g/mol. The quantitative estimate of drug-likeness (QED) is 0.529. The minimum Gasteiger partial charge on any atom is -0.350 e. The van der Waals surface area contributed by atoms with E-state index in [9.17, 15) is 23.2 Å². The fourth-order valence-corrected chi connectivity index (χ4v) is 4.60. The summed E-state index contributed by atoms with van der Waals surface area (Å²) in [6, 6.07) is 11.8. The summed E-state index contributed by atoms with van der Waals surface area (Å²) in [5, 5.41) is 5.49. The first-order valence-electron chi connectivity index (χ1n) is 11.7. The maximum atomic E-state index is 13.9. The molecule has 0 saturated heterocycles. The lowest BCUT2D eigenvalue weighted by Crippen LogP contribution is -2.64. The molecule has 1 atom stereocenters. The molecule has 2 N–H and O–H groups in total. The first kappa shape index (κ1) is 23.7. The molecule has 1 fully saturated rings. The number of amides is 3. The molecular formula is C26H25F2N5O3. The summed E-state index contributed by atoms with van der Waals surface area (Å²) in [7, 11) is 0. The lowest BCUT2D eigenvalue weighted by Gasteiger charge is -2.44. The SMILES string of the molecule is CC1(C(=O)NCc2ccc(F)cc2)Cn2cnc(C(=O)NCc3ccccc3F)c2C(=O)N1C1CC1. The number of carbonyl (C=O) groups is 3. The number of fused-ring (bicyclic) bond motifs is 1. The summed E-state index contributed by atoms with van der Waals surface area (Å²) in [6.07, 6.45) is 2.89. The van der Waals surface area contributed by atoms with Crippen molar-refractivity contribution in [2.45, 2.75) is 51.0 Å². The Bertz CT molecular complexity index is 1340. The van der Waals surface area contributed by atoms with Crippen molar-refractivity contribution in [3.63, 3.8) is 0 Å². The molecule has 1 aromatic heterocycles. The lowest BCUT2D eigenvalue weighted by atomic mass is 9.93. The molecule has 1 unspecified atom stereocenters. The van der Waals surface area contributed by atoms with Gasteiger partial charge in [-0.1, -0.05) is 30.3 Å². The van der Waals surface area contributed by atoms with E-state index in [2.05, 4.69) is 15.6 Å². The number of halogens is 2. The normalized spacial score (nSPS) is 19.1. The van der Waals surface area contributed by atoms with Crippen molar-refractivity contribution >= 4 is 17.7 Å². The van der Waals surface area contributed by atoms with Crippen molar-refractivity contribution < 1.29 is 23.2 Å². The van der Waals surface area contributed by atoms with Crippen LogP contribution in [0.5, 0.6) is 0 Å². The molecule has 3 amide bonds. The Morgan fingerprint density at radius 1 is 1.06 bits per heavy atom. The van der Waals surface area contributed by atoms with Crippen LogP contribution in [0.4, 0.5) is 8.78 Å². The predicted molar refractivity (Wildman–Crippen MR) is 126 cm³/mol. The molecule has 1 aliphatic heterocycles. The van der Waals surface area contributed by atoms with E-state index in [4.69, 9.17) is 0 Å². The number of nitrogens with one attached hydrogen (secondary N) is 2. The van der Waals surface area contributed by atoms with Crippen LogP contribution in [0, 0.1) is 11.6 Å². The van der Waals surface area contributed by atoms with E-state index >= 15 is 0 Å². The maximum Gasteiger partial charge on any atom is 0.274 e. The van der Waals surface area contributed by atoms with E-state index in [0.717, 1.165) is 18.4 Å². The van der Waals surface area contributed by atoms with Gasteiger partial charge in [-0.3, -0.25) is 14.4 Å². The molecule has 1 saturated carbocycles. The summed E-state index contributed by atoms with van der Waals surface area (Å²) in [5.41, 5.74) is -0.110. The summed E-state index contributed by atoms with van der Waals surface area (Å²) >= 11 is 0. The molecule has 5 rings (SSSR count). The lowest BCUT2D eigenvalue weighted by molar-refractivity contribution is -0.133. The van der Waals surface area contributed by atoms with Gasteiger partial charge in [0, 0.05) is 24.7 Å². The summed E-state index contributed by atoms with van der Waals surface area (Å²) in [6.45, 7) is 1.95. The third kappa shape index (κ3) is 4.34. The van der Waals surface area contributed by atoms with Gasteiger partial charge in [0.25, 0.3) is 11.8 Å². The van der Waals surface area contributed by atoms with Crippen molar-refractivity contribution in [2.75, 3.05) is 0 Å². The van der Waals surface area contributed by atoms with E-state index in [1.165, 1.54) is 29.1 Å².